The molecular formula is C24H26N4O2. The number of nitrogens with one attached hydrogen (secondary N) is 1. The third-order valence-corrected chi connectivity index (χ3v) is 5.05. The first-order valence-corrected chi connectivity index (χ1v) is 10.4. The topological polar surface area (TPSA) is 69.0 Å². The number of benzene rings is 2. The van der Waals surface area contributed by atoms with Gasteiger partial charge in [-0.3, -0.25) is 4.79 Å². The van der Waals surface area contributed by atoms with E-state index in [-0.39, 0.29) is 5.91 Å². The fraction of sp³-hybridized carbons (Fsp3) is 0.292. The molecule has 0 aliphatic heterocycles. The number of aromatic nitrogens is 3. The fourth-order valence-electron chi connectivity index (χ4n) is 3.48. The summed E-state index contributed by atoms with van der Waals surface area (Å²) < 4.78 is 7.35. The number of hydrogen-bond acceptors (Lipinski definition) is 4. The summed E-state index contributed by atoms with van der Waals surface area (Å²) in [6, 6.07) is 15.4. The van der Waals surface area contributed by atoms with E-state index < -0.39 is 0 Å². The minimum atomic E-state index is -0.204. The highest BCUT2D eigenvalue weighted by molar-refractivity contribution is 6.08. The van der Waals surface area contributed by atoms with Crippen molar-refractivity contribution in [3.63, 3.8) is 0 Å². The first-order chi connectivity index (χ1) is 14.6. The maximum Gasteiger partial charge on any atom is 0.256 e. The van der Waals surface area contributed by atoms with Crippen molar-refractivity contribution >= 4 is 33.7 Å². The van der Waals surface area contributed by atoms with Crippen LogP contribution >= 0.6 is 0 Å². The van der Waals surface area contributed by atoms with E-state index in [1.807, 2.05) is 17.7 Å². The van der Waals surface area contributed by atoms with E-state index in [0.717, 1.165) is 47.1 Å². The number of pyridine rings is 1. The molecule has 2 aromatic heterocycles. The Morgan fingerprint density at radius 1 is 1.10 bits per heavy atom. The van der Waals surface area contributed by atoms with Crippen LogP contribution in [-0.2, 0) is 6.54 Å². The normalized spacial score (nSPS) is 11.2. The summed E-state index contributed by atoms with van der Waals surface area (Å²) in [7, 11) is 0. The van der Waals surface area contributed by atoms with Crippen LogP contribution in [0.1, 0.15) is 42.6 Å². The van der Waals surface area contributed by atoms with Crippen molar-refractivity contribution in [1.82, 2.24) is 14.8 Å². The molecule has 2 aromatic carbocycles. The van der Waals surface area contributed by atoms with E-state index in [1.54, 1.807) is 24.3 Å². The van der Waals surface area contributed by atoms with E-state index in [4.69, 9.17) is 9.72 Å². The molecule has 6 nitrogen and oxygen atoms in total. The van der Waals surface area contributed by atoms with Gasteiger partial charge in [-0.15, -0.1) is 0 Å². The van der Waals surface area contributed by atoms with E-state index in [2.05, 4.69) is 42.5 Å². The Kier molecular flexibility index (Phi) is 5.65. The molecule has 1 N–H and O–H groups in total. The fourth-order valence-corrected chi connectivity index (χ4v) is 3.48. The summed E-state index contributed by atoms with van der Waals surface area (Å²) in [4.78, 5) is 17.7. The van der Waals surface area contributed by atoms with Crippen LogP contribution in [-0.4, -0.2) is 27.3 Å². The molecule has 4 aromatic rings. The van der Waals surface area contributed by atoms with Crippen molar-refractivity contribution in [3.05, 3.63) is 59.7 Å². The Labute approximate surface area is 175 Å². The van der Waals surface area contributed by atoms with Gasteiger partial charge in [0.15, 0.2) is 11.5 Å². The van der Waals surface area contributed by atoms with E-state index in [0.29, 0.717) is 18.0 Å². The van der Waals surface area contributed by atoms with Gasteiger partial charge < -0.3 is 10.1 Å². The van der Waals surface area contributed by atoms with Crippen LogP contribution in [0.3, 0.4) is 0 Å². The molecule has 2 heterocycles. The van der Waals surface area contributed by atoms with Gasteiger partial charge in [0, 0.05) is 17.5 Å². The molecule has 0 bridgehead atoms. The van der Waals surface area contributed by atoms with Gasteiger partial charge in [0.05, 0.1) is 17.5 Å². The second kappa shape index (κ2) is 8.53. The van der Waals surface area contributed by atoms with Gasteiger partial charge in [-0.05, 0) is 62.7 Å². The summed E-state index contributed by atoms with van der Waals surface area (Å²) in [5, 5.41) is 9.55. The Bertz CT molecular complexity index is 1200. The Balaban J connectivity index is 1.72. The van der Waals surface area contributed by atoms with Gasteiger partial charge in [-0.1, -0.05) is 25.0 Å². The van der Waals surface area contributed by atoms with Gasteiger partial charge in [0.2, 0.25) is 0 Å². The number of rotatable bonds is 7. The molecular weight excluding hydrogens is 376 g/mol. The lowest BCUT2D eigenvalue weighted by atomic mass is 10.1. The Hall–Kier alpha value is -3.41. The highest BCUT2D eigenvalue weighted by Crippen LogP contribution is 2.27. The molecule has 30 heavy (non-hydrogen) atoms. The molecule has 0 aliphatic rings. The summed E-state index contributed by atoms with van der Waals surface area (Å²) in [5.41, 5.74) is 3.44. The van der Waals surface area contributed by atoms with Crippen LogP contribution in [0.4, 0.5) is 5.82 Å². The zero-order valence-electron chi connectivity index (χ0n) is 17.6. The lowest BCUT2D eigenvalue weighted by Crippen LogP contribution is -2.13. The third kappa shape index (κ3) is 3.99. The number of hydrogen-bond donors (Lipinski definition) is 1. The third-order valence-electron chi connectivity index (χ3n) is 5.05. The standard InChI is InChI=1S/C24H26N4O2/c1-4-6-13-28-23-20(15-18-14-16(3)7-12-21(18)25-23)22(27-28)26-24(29)17-8-10-19(11-9-17)30-5-2/h7-12,14-15H,4-6,13H2,1-3H3,(H,26,27,29). The number of carbonyl (C=O) groups excluding carboxylic acids is 1. The van der Waals surface area contributed by atoms with Crippen LogP contribution in [0.15, 0.2) is 48.5 Å². The van der Waals surface area contributed by atoms with Crippen molar-refractivity contribution in [2.24, 2.45) is 0 Å². The number of nitrogens with zero attached hydrogens (tertiary/aromatic N) is 3. The first kappa shape index (κ1) is 19.9. The van der Waals surface area contributed by atoms with Crippen molar-refractivity contribution < 1.29 is 9.53 Å². The minimum absolute atomic E-state index is 0.204. The average molecular weight is 402 g/mol. The lowest BCUT2D eigenvalue weighted by Gasteiger charge is -2.05. The Morgan fingerprint density at radius 3 is 2.63 bits per heavy atom. The minimum Gasteiger partial charge on any atom is -0.494 e. The molecule has 0 spiro atoms. The highest BCUT2D eigenvalue weighted by Gasteiger charge is 2.16. The van der Waals surface area contributed by atoms with Crippen LogP contribution in [0.5, 0.6) is 5.75 Å². The predicted molar refractivity (Wildman–Crippen MR) is 120 cm³/mol. The molecule has 154 valence electrons. The Morgan fingerprint density at radius 2 is 1.90 bits per heavy atom. The maximum absolute atomic E-state index is 12.8. The van der Waals surface area contributed by atoms with Gasteiger partial charge >= 0.3 is 0 Å². The van der Waals surface area contributed by atoms with Gasteiger partial charge in [-0.25, -0.2) is 9.67 Å². The van der Waals surface area contributed by atoms with Gasteiger partial charge in [0.1, 0.15) is 5.75 Å². The number of amides is 1. The predicted octanol–water partition coefficient (Wildman–Crippen LogP) is 5.34. The highest BCUT2D eigenvalue weighted by atomic mass is 16.5. The molecule has 0 saturated heterocycles. The quantitative estimate of drug-likeness (QED) is 0.453. The summed E-state index contributed by atoms with van der Waals surface area (Å²) >= 11 is 0. The zero-order valence-corrected chi connectivity index (χ0v) is 17.6. The van der Waals surface area contributed by atoms with E-state index in [9.17, 15) is 4.79 Å². The summed E-state index contributed by atoms with van der Waals surface area (Å²) in [6.07, 6.45) is 2.05. The van der Waals surface area contributed by atoms with Crippen molar-refractivity contribution in [2.45, 2.75) is 40.2 Å². The molecule has 4 rings (SSSR count). The van der Waals surface area contributed by atoms with Crippen LogP contribution in [0, 0.1) is 6.92 Å². The number of unbranched alkanes of at least 4 members (excludes halogenated alkanes) is 1. The summed E-state index contributed by atoms with van der Waals surface area (Å²) in [6.45, 7) is 7.48. The van der Waals surface area contributed by atoms with Gasteiger partial charge in [0.25, 0.3) is 5.91 Å². The largest absolute Gasteiger partial charge is 0.494 e. The lowest BCUT2D eigenvalue weighted by molar-refractivity contribution is 0.102. The SMILES string of the molecule is CCCCn1nc(NC(=O)c2ccc(OCC)cc2)c2cc3cc(C)ccc3nc21. The molecule has 0 saturated carbocycles. The van der Waals surface area contributed by atoms with Gasteiger partial charge in [-0.2, -0.15) is 5.10 Å². The van der Waals surface area contributed by atoms with E-state index in [1.165, 1.54) is 5.56 Å². The average Bonchev–Trinajstić information content (AvgIpc) is 3.07. The molecule has 0 unspecified atom stereocenters. The number of anilines is 1. The number of ether oxygens (including phenoxy) is 1. The maximum atomic E-state index is 12.8. The molecule has 0 fully saturated rings. The smallest absolute Gasteiger partial charge is 0.256 e. The van der Waals surface area contributed by atoms with E-state index >= 15 is 0 Å². The number of aryl methyl sites for hydroxylation is 2. The van der Waals surface area contributed by atoms with Crippen molar-refractivity contribution in [1.29, 1.82) is 0 Å². The zero-order chi connectivity index (χ0) is 21.1. The second-order valence-corrected chi connectivity index (χ2v) is 7.39. The second-order valence-electron chi connectivity index (χ2n) is 7.39. The molecule has 0 radical (unpaired) electrons. The van der Waals surface area contributed by atoms with Crippen LogP contribution < -0.4 is 10.1 Å². The van der Waals surface area contributed by atoms with Crippen LogP contribution in [0.2, 0.25) is 0 Å². The van der Waals surface area contributed by atoms with Crippen molar-refractivity contribution in [2.75, 3.05) is 11.9 Å². The number of fused-ring (bicyclic) bond motifs is 2. The van der Waals surface area contributed by atoms with Crippen molar-refractivity contribution in [3.8, 4) is 5.75 Å². The number of carbonyl (C=O) groups is 1. The molecule has 0 atom stereocenters. The molecule has 1 amide bonds. The molecule has 0 aliphatic carbocycles. The summed E-state index contributed by atoms with van der Waals surface area (Å²) in [5.74, 6) is 1.08. The molecule has 6 heteroatoms. The first-order valence-electron chi connectivity index (χ1n) is 10.4. The monoisotopic (exact) mass is 402 g/mol. The van der Waals surface area contributed by atoms with Crippen LogP contribution in [0.25, 0.3) is 21.9 Å².